The maximum Gasteiger partial charge on any atom is 0.253 e. The van der Waals surface area contributed by atoms with Crippen LogP contribution in [0.4, 0.5) is 0 Å². The molecule has 0 aromatic rings. The van der Waals surface area contributed by atoms with Crippen molar-refractivity contribution in [2.75, 3.05) is 26.3 Å². The van der Waals surface area contributed by atoms with Crippen LogP contribution in [0, 0.1) is 0 Å². The molecule has 1 rings (SSSR count). The molecule has 2 unspecified atom stereocenters. The van der Waals surface area contributed by atoms with Gasteiger partial charge in [0.25, 0.3) is 11.8 Å². The highest BCUT2D eigenvalue weighted by atomic mass is 16.5. The highest BCUT2D eigenvalue weighted by Crippen LogP contribution is 2.07. The highest BCUT2D eigenvalue weighted by molar-refractivity contribution is 6.13. The zero-order valence-electron chi connectivity index (χ0n) is 13.1. The minimum absolute atomic E-state index is 0.0295. The van der Waals surface area contributed by atoms with E-state index in [9.17, 15) is 24.6 Å². The van der Waals surface area contributed by atoms with Gasteiger partial charge in [0, 0.05) is 36.5 Å². The number of imide groups is 1. The van der Waals surface area contributed by atoms with E-state index in [1.165, 1.54) is 0 Å². The molecular formula is C14H20N4O6. The second kappa shape index (κ2) is 10.5. The lowest BCUT2D eigenvalue weighted by atomic mass is 10.1. The van der Waals surface area contributed by atoms with Crippen LogP contribution in [0.25, 0.3) is 10.4 Å². The zero-order valence-corrected chi connectivity index (χ0v) is 13.1. The number of carbonyl (C=O) groups excluding carboxylic acids is 3. The number of ketones is 1. The van der Waals surface area contributed by atoms with Crippen LogP contribution in [0.5, 0.6) is 0 Å². The number of Topliss-reactive ketones (excluding diaryl/α,β-unsaturated/α-hetero) is 1. The summed E-state index contributed by atoms with van der Waals surface area (Å²) in [7, 11) is 0. The normalized spacial score (nSPS) is 16.2. The molecule has 1 aliphatic heterocycles. The predicted octanol–water partition coefficient (Wildman–Crippen LogP) is -0.300. The molecule has 0 aromatic heterocycles. The zero-order chi connectivity index (χ0) is 17.9. The number of nitrogens with zero attached hydrogens (tertiary/aromatic N) is 4. The van der Waals surface area contributed by atoms with Gasteiger partial charge in [0.1, 0.15) is 5.78 Å². The minimum atomic E-state index is -0.945. The molecule has 0 saturated heterocycles. The number of carbonyl (C=O) groups is 3. The highest BCUT2D eigenvalue weighted by Gasteiger charge is 2.23. The van der Waals surface area contributed by atoms with E-state index in [0.717, 1.165) is 17.1 Å². The van der Waals surface area contributed by atoms with Crippen molar-refractivity contribution in [3.63, 3.8) is 0 Å². The fraction of sp³-hybridized carbons (Fsp3) is 0.643. The molecule has 0 aliphatic carbocycles. The predicted molar refractivity (Wildman–Crippen MR) is 81.6 cm³/mol. The fourth-order valence-corrected chi connectivity index (χ4v) is 1.95. The average molecular weight is 340 g/mol. The van der Waals surface area contributed by atoms with Gasteiger partial charge in [-0.05, 0) is 12.0 Å². The summed E-state index contributed by atoms with van der Waals surface area (Å²) < 4.78 is 5.06. The van der Waals surface area contributed by atoms with Gasteiger partial charge in [-0.25, -0.2) is 0 Å². The summed E-state index contributed by atoms with van der Waals surface area (Å²) in [5.74, 6) is -1.04. The average Bonchev–Trinajstić information content (AvgIpc) is 2.87. The van der Waals surface area contributed by atoms with Gasteiger partial charge in [0.15, 0.2) is 0 Å². The van der Waals surface area contributed by atoms with Crippen molar-refractivity contribution in [2.45, 2.75) is 31.5 Å². The van der Waals surface area contributed by atoms with Gasteiger partial charge in [-0.2, -0.15) is 0 Å². The third kappa shape index (κ3) is 7.34. The summed E-state index contributed by atoms with van der Waals surface area (Å²) in [4.78, 5) is 37.8. The van der Waals surface area contributed by atoms with Crippen LogP contribution in [0.3, 0.4) is 0 Å². The number of amides is 2. The molecule has 0 spiro atoms. The number of aliphatic hydroxyl groups excluding tert-OH is 2. The third-order valence-corrected chi connectivity index (χ3v) is 3.25. The summed E-state index contributed by atoms with van der Waals surface area (Å²) in [6.07, 6.45) is 0.795. The Labute approximate surface area is 138 Å². The van der Waals surface area contributed by atoms with Gasteiger partial charge in [0.05, 0.1) is 32.0 Å². The molecule has 2 atom stereocenters. The van der Waals surface area contributed by atoms with Crippen molar-refractivity contribution in [3.05, 3.63) is 22.6 Å². The molecule has 2 amide bonds. The van der Waals surface area contributed by atoms with Crippen LogP contribution < -0.4 is 0 Å². The molecule has 0 bridgehead atoms. The molecule has 132 valence electrons. The third-order valence-electron chi connectivity index (χ3n) is 3.25. The van der Waals surface area contributed by atoms with E-state index >= 15 is 0 Å². The van der Waals surface area contributed by atoms with E-state index in [1.807, 2.05) is 0 Å². The van der Waals surface area contributed by atoms with Crippen molar-refractivity contribution >= 4 is 17.6 Å². The topological polar surface area (TPSA) is 153 Å². The van der Waals surface area contributed by atoms with Crippen LogP contribution in [0.1, 0.15) is 19.3 Å². The Balaban J connectivity index is 2.12. The summed E-state index contributed by atoms with van der Waals surface area (Å²) in [6, 6.07) is 0. The van der Waals surface area contributed by atoms with Crippen molar-refractivity contribution in [3.8, 4) is 0 Å². The van der Waals surface area contributed by atoms with E-state index in [-0.39, 0.29) is 51.3 Å². The number of rotatable bonds is 12. The molecule has 0 saturated carbocycles. The first-order valence-corrected chi connectivity index (χ1v) is 7.44. The first kappa shape index (κ1) is 19.8. The largest absolute Gasteiger partial charge is 0.391 e. The van der Waals surface area contributed by atoms with E-state index in [1.54, 1.807) is 0 Å². The number of hydrogen-bond donors (Lipinski definition) is 2. The lowest BCUT2D eigenvalue weighted by Crippen LogP contribution is -2.32. The van der Waals surface area contributed by atoms with E-state index in [2.05, 4.69) is 10.0 Å². The number of ether oxygens (including phenoxy) is 1. The van der Waals surface area contributed by atoms with Crippen molar-refractivity contribution in [2.24, 2.45) is 5.11 Å². The Morgan fingerprint density at radius 1 is 1.21 bits per heavy atom. The molecule has 0 radical (unpaired) electrons. The van der Waals surface area contributed by atoms with Crippen LogP contribution in [-0.2, 0) is 19.1 Å². The summed E-state index contributed by atoms with van der Waals surface area (Å²) in [6.45, 7) is -0.237. The molecule has 10 nitrogen and oxygen atoms in total. The molecule has 2 N–H and O–H groups in total. The Bertz CT molecular complexity index is 525. The molecular weight excluding hydrogens is 320 g/mol. The Kier molecular flexibility index (Phi) is 8.66. The van der Waals surface area contributed by atoms with Gasteiger partial charge in [0.2, 0.25) is 0 Å². The van der Waals surface area contributed by atoms with Gasteiger partial charge >= 0.3 is 0 Å². The molecule has 0 fully saturated rings. The first-order chi connectivity index (χ1) is 11.4. The first-order valence-electron chi connectivity index (χ1n) is 7.44. The van der Waals surface area contributed by atoms with Gasteiger partial charge < -0.3 is 14.9 Å². The maximum absolute atomic E-state index is 11.7. The summed E-state index contributed by atoms with van der Waals surface area (Å²) >= 11 is 0. The quantitative estimate of drug-likeness (QED) is 0.215. The van der Waals surface area contributed by atoms with E-state index in [0.29, 0.717) is 0 Å². The number of azide groups is 1. The second-order valence-electron chi connectivity index (χ2n) is 5.25. The monoisotopic (exact) mass is 340 g/mol. The maximum atomic E-state index is 11.7. The Hall–Kier alpha value is -2.26. The SMILES string of the molecule is [N-]=[N+]=NCC(O)COCC(O)CCC(=O)CCN1C(=O)C=CC1=O. The smallest absolute Gasteiger partial charge is 0.253 e. The van der Waals surface area contributed by atoms with Crippen molar-refractivity contribution in [1.29, 1.82) is 0 Å². The van der Waals surface area contributed by atoms with Crippen molar-refractivity contribution in [1.82, 2.24) is 4.90 Å². The van der Waals surface area contributed by atoms with E-state index < -0.39 is 24.0 Å². The van der Waals surface area contributed by atoms with Gasteiger partial charge in [-0.3, -0.25) is 19.3 Å². The second-order valence-corrected chi connectivity index (χ2v) is 5.25. The van der Waals surface area contributed by atoms with Crippen molar-refractivity contribution < 1.29 is 29.3 Å². The standard InChI is InChI=1S/C14H20N4O6/c15-17-16-7-12(21)9-24-8-11(20)2-1-10(19)5-6-18-13(22)3-4-14(18)23/h3-4,11-12,20-21H,1-2,5-9H2. The molecule has 10 heteroatoms. The molecule has 24 heavy (non-hydrogen) atoms. The van der Waals surface area contributed by atoms with Crippen LogP contribution >= 0.6 is 0 Å². The Morgan fingerprint density at radius 2 is 1.83 bits per heavy atom. The number of aliphatic hydroxyl groups is 2. The lowest BCUT2D eigenvalue weighted by Gasteiger charge is -2.14. The number of hydrogen-bond acceptors (Lipinski definition) is 7. The molecule has 0 aromatic carbocycles. The van der Waals surface area contributed by atoms with Gasteiger partial charge in [-0.15, -0.1) is 0 Å². The summed E-state index contributed by atoms with van der Waals surface area (Å²) in [5.41, 5.74) is 8.08. The van der Waals surface area contributed by atoms with Crippen LogP contribution in [0.15, 0.2) is 17.3 Å². The lowest BCUT2D eigenvalue weighted by molar-refractivity contribution is -0.137. The summed E-state index contributed by atoms with van der Waals surface area (Å²) in [5, 5.41) is 22.2. The van der Waals surface area contributed by atoms with Crippen LogP contribution in [-0.4, -0.2) is 71.2 Å². The van der Waals surface area contributed by atoms with E-state index in [4.69, 9.17) is 10.3 Å². The van der Waals surface area contributed by atoms with Crippen LogP contribution in [0.2, 0.25) is 0 Å². The molecule has 1 heterocycles. The fourth-order valence-electron chi connectivity index (χ4n) is 1.95. The minimum Gasteiger partial charge on any atom is -0.391 e. The molecule has 1 aliphatic rings. The Morgan fingerprint density at radius 3 is 2.46 bits per heavy atom. The van der Waals surface area contributed by atoms with Gasteiger partial charge in [-0.1, -0.05) is 5.11 Å².